The molecule has 5 aromatic rings. The van der Waals surface area contributed by atoms with Crippen molar-refractivity contribution in [1.82, 2.24) is 0 Å². The quantitative estimate of drug-likeness (QED) is 0.107. The SMILES string of the molecule is CO[C@@]1(c2ccc(Cl)c(Cc3ccc(OC(F)(F)F)cc3)c2)O[C@](O)(C=O)[C@@H](OCc2ccccc2)[C@H](OCc2ccccc2)[C@H]1OCc1ccccc1. The van der Waals surface area contributed by atoms with Crippen LogP contribution in [-0.4, -0.2) is 49.0 Å². The first-order chi connectivity index (χ1) is 26.0. The van der Waals surface area contributed by atoms with Crippen LogP contribution in [0.2, 0.25) is 5.02 Å². The van der Waals surface area contributed by atoms with Crippen LogP contribution in [0.5, 0.6) is 5.75 Å². The fourth-order valence-electron chi connectivity index (χ4n) is 6.40. The minimum Gasteiger partial charge on any atom is -0.406 e. The molecule has 0 spiro atoms. The number of halogens is 4. The second kappa shape index (κ2) is 17.3. The lowest BCUT2D eigenvalue weighted by atomic mass is 9.85. The van der Waals surface area contributed by atoms with Crippen LogP contribution >= 0.6 is 11.6 Å². The summed E-state index contributed by atoms with van der Waals surface area (Å²) in [5, 5.41) is 12.5. The Morgan fingerprint density at radius 1 is 0.722 bits per heavy atom. The van der Waals surface area contributed by atoms with Crippen molar-refractivity contribution in [1.29, 1.82) is 0 Å². The van der Waals surface area contributed by atoms with Gasteiger partial charge in [0.1, 0.15) is 24.1 Å². The minimum atomic E-state index is -4.83. The van der Waals surface area contributed by atoms with Gasteiger partial charge in [-0.1, -0.05) is 121 Å². The average Bonchev–Trinajstić information content (AvgIpc) is 3.18. The summed E-state index contributed by atoms with van der Waals surface area (Å²) in [5.74, 6) is -4.98. The summed E-state index contributed by atoms with van der Waals surface area (Å²) in [6.07, 6.45) is -8.16. The molecule has 6 rings (SSSR count). The van der Waals surface area contributed by atoms with Crippen molar-refractivity contribution in [2.45, 2.75) is 62.5 Å². The zero-order valence-corrected chi connectivity index (χ0v) is 29.9. The third-order valence-corrected chi connectivity index (χ3v) is 9.36. The molecular formula is C42H38ClF3O8. The molecule has 12 heteroatoms. The zero-order chi connectivity index (χ0) is 38.2. The maximum absolute atomic E-state index is 13.0. The molecule has 1 N–H and O–H groups in total. The molecule has 54 heavy (non-hydrogen) atoms. The van der Waals surface area contributed by atoms with Gasteiger partial charge in [0.25, 0.3) is 5.79 Å². The molecular weight excluding hydrogens is 725 g/mol. The van der Waals surface area contributed by atoms with E-state index in [4.69, 9.17) is 35.3 Å². The molecule has 8 nitrogen and oxygen atoms in total. The van der Waals surface area contributed by atoms with Gasteiger partial charge in [-0.3, -0.25) is 4.79 Å². The van der Waals surface area contributed by atoms with Crippen molar-refractivity contribution in [2.24, 2.45) is 0 Å². The third-order valence-electron chi connectivity index (χ3n) is 9.00. The molecule has 1 heterocycles. The van der Waals surface area contributed by atoms with E-state index in [0.717, 1.165) is 16.7 Å². The van der Waals surface area contributed by atoms with Crippen molar-refractivity contribution < 1.29 is 51.5 Å². The summed E-state index contributed by atoms with van der Waals surface area (Å²) in [6.45, 7) is 0.110. The van der Waals surface area contributed by atoms with E-state index >= 15 is 0 Å². The molecule has 1 saturated heterocycles. The maximum atomic E-state index is 13.0. The summed E-state index contributed by atoms with van der Waals surface area (Å²) in [5.41, 5.74) is 3.88. The Labute approximate surface area is 315 Å². The Morgan fingerprint density at radius 3 is 1.74 bits per heavy atom. The molecule has 0 saturated carbocycles. The fourth-order valence-corrected chi connectivity index (χ4v) is 6.58. The topological polar surface area (TPSA) is 92.7 Å². The van der Waals surface area contributed by atoms with Gasteiger partial charge >= 0.3 is 6.36 Å². The van der Waals surface area contributed by atoms with Crippen molar-refractivity contribution >= 4 is 17.9 Å². The molecule has 0 amide bonds. The minimum absolute atomic E-state index is 0.000501. The number of hydrogen-bond acceptors (Lipinski definition) is 8. The number of methoxy groups -OCH3 is 1. The number of carbonyl (C=O) groups is 1. The number of benzene rings is 5. The molecule has 0 radical (unpaired) electrons. The molecule has 5 atom stereocenters. The van der Waals surface area contributed by atoms with Gasteiger partial charge in [-0.05, 0) is 58.5 Å². The predicted molar refractivity (Wildman–Crippen MR) is 193 cm³/mol. The standard InChI is InChI=1S/C42H38ClF3O8/c1-49-41(34-19-22-36(43)33(24-34)23-29-17-20-35(21-18-29)53-42(44,45)46)39(52-27-32-15-9-4-10-16-32)37(50-25-30-11-5-2-6-12-30)38(40(48,28-47)54-41)51-26-31-13-7-3-8-14-31/h2-22,24,28,37-39,48H,23,25-27H2,1H3/t37-,38-,39+,40+,41-/m0/s1. The molecule has 0 aliphatic carbocycles. The van der Waals surface area contributed by atoms with Crippen LogP contribution in [0.1, 0.15) is 33.4 Å². The average molecular weight is 763 g/mol. The number of aliphatic hydroxyl groups is 1. The van der Waals surface area contributed by atoms with Crippen molar-refractivity contribution in [2.75, 3.05) is 7.11 Å². The van der Waals surface area contributed by atoms with Gasteiger partial charge in [0.2, 0.25) is 5.79 Å². The van der Waals surface area contributed by atoms with Crippen molar-refractivity contribution in [3.8, 4) is 5.75 Å². The number of rotatable bonds is 15. The normalized spacial score (nSPS) is 22.8. The summed E-state index contributed by atoms with van der Waals surface area (Å²) in [7, 11) is 1.36. The number of hydrogen-bond donors (Lipinski definition) is 1. The second-order valence-corrected chi connectivity index (χ2v) is 13.1. The van der Waals surface area contributed by atoms with Gasteiger partial charge < -0.3 is 33.5 Å². The highest BCUT2D eigenvalue weighted by atomic mass is 35.5. The third kappa shape index (κ3) is 9.37. The van der Waals surface area contributed by atoms with Crippen LogP contribution in [0.4, 0.5) is 13.2 Å². The maximum Gasteiger partial charge on any atom is 0.573 e. The number of alkyl halides is 3. The summed E-state index contributed by atoms with van der Waals surface area (Å²) < 4.78 is 74.5. The van der Waals surface area contributed by atoms with Gasteiger partial charge in [-0.25, -0.2) is 0 Å². The molecule has 5 aromatic carbocycles. The highest BCUT2D eigenvalue weighted by Gasteiger charge is 2.64. The first kappa shape index (κ1) is 39.1. The molecule has 1 aliphatic heterocycles. The fraction of sp³-hybridized carbons (Fsp3) is 0.262. The molecule has 1 fully saturated rings. The highest BCUT2D eigenvalue weighted by Crippen LogP contribution is 2.47. The monoisotopic (exact) mass is 762 g/mol. The summed E-state index contributed by atoms with van der Waals surface area (Å²) >= 11 is 6.69. The number of ether oxygens (including phenoxy) is 6. The lowest BCUT2D eigenvalue weighted by Crippen LogP contribution is -2.71. The van der Waals surface area contributed by atoms with E-state index in [1.54, 1.807) is 18.2 Å². The summed E-state index contributed by atoms with van der Waals surface area (Å²) in [4.78, 5) is 13.0. The van der Waals surface area contributed by atoms with Crippen LogP contribution in [0.15, 0.2) is 133 Å². The van der Waals surface area contributed by atoms with Crippen molar-refractivity contribution in [3.05, 3.63) is 172 Å². The first-order valence-electron chi connectivity index (χ1n) is 17.1. The second-order valence-electron chi connectivity index (χ2n) is 12.7. The molecule has 1 aliphatic rings. The van der Waals surface area contributed by atoms with Crippen LogP contribution < -0.4 is 4.74 Å². The van der Waals surface area contributed by atoms with E-state index in [2.05, 4.69) is 4.74 Å². The van der Waals surface area contributed by atoms with Crippen LogP contribution in [0, 0.1) is 0 Å². The Morgan fingerprint density at radius 2 is 1.24 bits per heavy atom. The highest BCUT2D eigenvalue weighted by molar-refractivity contribution is 6.31. The van der Waals surface area contributed by atoms with Gasteiger partial charge in [0.05, 0.1) is 19.8 Å². The van der Waals surface area contributed by atoms with Crippen molar-refractivity contribution in [3.63, 3.8) is 0 Å². The lowest BCUT2D eigenvalue weighted by Gasteiger charge is -2.53. The molecule has 0 aromatic heterocycles. The first-order valence-corrected chi connectivity index (χ1v) is 17.4. The zero-order valence-electron chi connectivity index (χ0n) is 29.2. The van der Waals surface area contributed by atoms with E-state index < -0.39 is 36.2 Å². The van der Waals surface area contributed by atoms with Crippen LogP contribution in [-0.2, 0) is 60.5 Å². The van der Waals surface area contributed by atoms with E-state index in [1.165, 1.54) is 31.4 Å². The molecule has 0 bridgehead atoms. The predicted octanol–water partition coefficient (Wildman–Crippen LogP) is 8.30. The van der Waals surface area contributed by atoms with E-state index in [1.807, 2.05) is 91.0 Å². The Balaban J connectivity index is 1.42. The molecule has 0 unspecified atom stereocenters. The Hall–Kier alpha value is -4.59. The van der Waals surface area contributed by atoms with Gasteiger partial charge in [-0.2, -0.15) is 0 Å². The number of aldehydes is 1. The number of carbonyl (C=O) groups excluding carboxylic acids is 1. The van der Waals surface area contributed by atoms with Gasteiger partial charge in [0, 0.05) is 17.7 Å². The van der Waals surface area contributed by atoms with E-state index in [-0.39, 0.29) is 38.3 Å². The smallest absolute Gasteiger partial charge is 0.406 e. The largest absolute Gasteiger partial charge is 0.573 e. The summed E-state index contributed by atoms with van der Waals surface area (Å²) in [6, 6.07) is 38.3. The van der Waals surface area contributed by atoms with Crippen LogP contribution in [0.3, 0.4) is 0 Å². The Bertz CT molecular complexity index is 1950. The van der Waals surface area contributed by atoms with Crippen LogP contribution in [0.25, 0.3) is 0 Å². The van der Waals surface area contributed by atoms with Gasteiger partial charge in [0.15, 0.2) is 6.29 Å². The Kier molecular flexibility index (Phi) is 12.5. The van der Waals surface area contributed by atoms with Gasteiger partial charge in [-0.15, -0.1) is 13.2 Å². The molecule has 282 valence electrons. The van der Waals surface area contributed by atoms with E-state index in [0.29, 0.717) is 21.7 Å². The lowest BCUT2D eigenvalue weighted by molar-refractivity contribution is -0.436. The van der Waals surface area contributed by atoms with E-state index in [9.17, 15) is 23.1 Å².